The molecule has 0 bridgehead atoms. The fourth-order valence-corrected chi connectivity index (χ4v) is 3.04. The van der Waals surface area contributed by atoms with E-state index in [0.29, 0.717) is 11.4 Å². The highest BCUT2D eigenvalue weighted by atomic mass is 32.2. The monoisotopic (exact) mass is 430 g/mol. The summed E-state index contributed by atoms with van der Waals surface area (Å²) in [5.41, 5.74) is 0.861. The molecule has 3 N–H and O–H groups in total. The molecule has 0 aromatic heterocycles. The van der Waals surface area contributed by atoms with Gasteiger partial charge in [-0.1, -0.05) is 36.9 Å². The molecule has 0 saturated heterocycles. The standard InChI is InChI=1S/C20H22N4O5S/c1-4-17(25)21-15-11-10-14(30-13-8-6-5-7-9-13)12-16(15)22-18(23-19(26)28-2)24-20(27)29-3/h5-12H,4H2,1-3H3,(H,21,25)(H2,22,23,24,26,27). The van der Waals surface area contributed by atoms with Crippen molar-refractivity contribution in [3.63, 3.8) is 0 Å². The number of ether oxygens (including phenoxy) is 2. The van der Waals surface area contributed by atoms with Crippen LogP contribution < -0.4 is 16.0 Å². The summed E-state index contributed by atoms with van der Waals surface area (Å²) >= 11 is 1.50. The lowest BCUT2D eigenvalue weighted by atomic mass is 10.2. The molecule has 2 aromatic carbocycles. The van der Waals surface area contributed by atoms with Gasteiger partial charge in [-0.05, 0) is 30.3 Å². The average molecular weight is 430 g/mol. The van der Waals surface area contributed by atoms with E-state index in [-0.39, 0.29) is 18.3 Å². The second kappa shape index (κ2) is 11.5. The van der Waals surface area contributed by atoms with Gasteiger partial charge < -0.3 is 20.1 Å². The first kappa shape index (κ1) is 22.8. The fourth-order valence-electron chi connectivity index (χ4n) is 2.16. The highest BCUT2D eigenvalue weighted by molar-refractivity contribution is 7.99. The number of hydrogen-bond donors (Lipinski definition) is 3. The highest BCUT2D eigenvalue weighted by Crippen LogP contribution is 2.33. The molecule has 3 amide bonds. The van der Waals surface area contributed by atoms with E-state index in [0.717, 1.165) is 16.9 Å². The quantitative estimate of drug-likeness (QED) is 0.483. The van der Waals surface area contributed by atoms with Crippen molar-refractivity contribution in [2.75, 3.05) is 24.9 Å². The van der Waals surface area contributed by atoms with Crippen LogP contribution in [0.3, 0.4) is 0 Å². The number of amides is 3. The molecule has 0 fully saturated rings. The number of methoxy groups -OCH3 is 2. The zero-order valence-electron chi connectivity index (χ0n) is 16.7. The number of hydrogen-bond acceptors (Lipinski definition) is 6. The van der Waals surface area contributed by atoms with E-state index in [1.54, 1.807) is 19.1 Å². The van der Waals surface area contributed by atoms with E-state index in [1.807, 2.05) is 36.4 Å². The number of guanidine groups is 1. The van der Waals surface area contributed by atoms with E-state index < -0.39 is 12.2 Å². The van der Waals surface area contributed by atoms with Gasteiger partial charge in [-0.25, -0.2) is 9.59 Å². The molecule has 10 heteroatoms. The molecular weight excluding hydrogens is 408 g/mol. The second-order valence-electron chi connectivity index (χ2n) is 5.70. The van der Waals surface area contributed by atoms with Crippen molar-refractivity contribution in [1.29, 1.82) is 0 Å². The molecule has 0 unspecified atom stereocenters. The largest absolute Gasteiger partial charge is 0.453 e. The number of alkyl carbamates (subject to hydrolysis) is 1. The first-order valence-corrected chi connectivity index (χ1v) is 9.72. The molecule has 2 aromatic rings. The number of nitrogens with one attached hydrogen (secondary N) is 3. The summed E-state index contributed by atoms with van der Waals surface area (Å²) in [7, 11) is 2.33. The molecular formula is C20H22N4O5S. The third-order valence-corrected chi connectivity index (χ3v) is 4.60. The maximum Gasteiger partial charge on any atom is 0.436 e. The molecule has 0 aliphatic rings. The Balaban J connectivity index is 2.38. The predicted octanol–water partition coefficient (Wildman–Crippen LogP) is 4.08. The van der Waals surface area contributed by atoms with Crippen LogP contribution in [0.2, 0.25) is 0 Å². The van der Waals surface area contributed by atoms with Gasteiger partial charge in [-0.15, -0.1) is 4.99 Å². The number of benzene rings is 2. The lowest BCUT2D eigenvalue weighted by molar-refractivity contribution is -0.115. The summed E-state index contributed by atoms with van der Waals surface area (Å²) in [5, 5.41) is 7.91. The maximum absolute atomic E-state index is 11.9. The number of aliphatic imine (C=N–C) groups is 1. The fraction of sp³-hybridized carbons (Fsp3) is 0.200. The Morgan fingerprint density at radius 1 is 0.933 bits per heavy atom. The van der Waals surface area contributed by atoms with Crippen LogP contribution in [0.15, 0.2) is 63.3 Å². The minimum absolute atomic E-state index is 0.200. The van der Waals surface area contributed by atoms with Gasteiger partial charge in [0.15, 0.2) is 0 Å². The number of nitrogens with zero attached hydrogens (tertiary/aromatic N) is 1. The molecule has 9 nitrogen and oxygen atoms in total. The molecule has 0 aliphatic carbocycles. The van der Waals surface area contributed by atoms with E-state index in [4.69, 9.17) is 0 Å². The summed E-state index contributed by atoms with van der Waals surface area (Å²) in [6.45, 7) is 1.73. The molecule has 0 atom stereocenters. The number of carbonyl (C=O) groups is 3. The summed E-state index contributed by atoms with van der Waals surface area (Å²) in [6.07, 6.45) is -1.48. The van der Waals surface area contributed by atoms with Gasteiger partial charge in [0, 0.05) is 16.2 Å². The van der Waals surface area contributed by atoms with Crippen molar-refractivity contribution in [2.45, 2.75) is 23.1 Å². The molecule has 0 saturated carbocycles. The van der Waals surface area contributed by atoms with E-state index in [9.17, 15) is 14.4 Å². The van der Waals surface area contributed by atoms with Gasteiger partial charge in [-0.3, -0.25) is 10.1 Å². The molecule has 0 radical (unpaired) electrons. The van der Waals surface area contributed by atoms with Crippen LogP contribution in [0.5, 0.6) is 0 Å². The average Bonchev–Trinajstić information content (AvgIpc) is 2.75. The Labute approximate surface area is 178 Å². The van der Waals surface area contributed by atoms with Gasteiger partial charge in [0.05, 0.1) is 25.6 Å². The first-order chi connectivity index (χ1) is 14.4. The molecule has 0 spiro atoms. The zero-order valence-corrected chi connectivity index (χ0v) is 17.5. The minimum Gasteiger partial charge on any atom is -0.453 e. The van der Waals surface area contributed by atoms with Crippen molar-refractivity contribution in [3.05, 3.63) is 48.5 Å². The van der Waals surface area contributed by atoms with E-state index in [1.165, 1.54) is 18.9 Å². The summed E-state index contributed by atoms with van der Waals surface area (Å²) in [5.74, 6) is -0.420. The van der Waals surface area contributed by atoms with Gasteiger partial charge in [0.25, 0.3) is 0 Å². The first-order valence-electron chi connectivity index (χ1n) is 8.90. The van der Waals surface area contributed by atoms with Crippen molar-refractivity contribution < 1.29 is 23.9 Å². The summed E-state index contributed by atoms with van der Waals surface area (Å²) in [4.78, 5) is 40.6. The van der Waals surface area contributed by atoms with Gasteiger partial charge in [0.2, 0.25) is 11.9 Å². The molecule has 0 aliphatic heterocycles. The Morgan fingerprint density at radius 2 is 1.67 bits per heavy atom. The molecule has 2 rings (SSSR count). The third-order valence-electron chi connectivity index (χ3n) is 3.60. The smallest absolute Gasteiger partial charge is 0.436 e. The highest BCUT2D eigenvalue weighted by Gasteiger charge is 2.14. The minimum atomic E-state index is -0.928. The van der Waals surface area contributed by atoms with Crippen LogP contribution in [0.25, 0.3) is 0 Å². The molecule has 158 valence electrons. The number of anilines is 2. The Bertz CT molecular complexity index is 934. The maximum atomic E-state index is 11.9. The van der Waals surface area contributed by atoms with Gasteiger partial charge in [-0.2, -0.15) is 0 Å². The molecule has 0 heterocycles. The summed E-state index contributed by atoms with van der Waals surface area (Å²) < 4.78 is 9.07. The van der Waals surface area contributed by atoms with Crippen molar-refractivity contribution in [3.8, 4) is 0 Å². The Kier molecular flexibility index (Phi) is 8.70. The SMILES string of the molecule is CCC(=O)Nc1ccc(Sc2ccccc2)cc1NC(=NC(=O)OC)NC(=O)OC. The lowest BCUT2D eigenvalue weighted by Gasteiger charge is -2.16. The van der Waals surface area contributed by atoms with Crippen LogP contribution in [-0.2, 0) is 14.3 Å². The van der Waals surface area contributed by atoms with Crippen LogP contribution in [-0.4, -0.2) is 38.3 Å². The van der Waals surface area contributed by atoms with Crippen molar-refractivity contribution >= 4 is 47.2 Å². The lowest BCUT2D eigenvalue weighted by Crippen LogP contribution is -2.36. The number of rotatable bonds is 5. The summed E-state index contributed by atoms with van der Waals surface area (Å²) in [6, 6.07) is 15.0. The molecule has 30 heavy (non-hydrogen) atoms. The normalized spacial score (nSPS) is 10.7. The predicted molar refractivity (Wildman–Crippen MR) is 115 cm³/mol. The topological polar surface area (TPSA) is 118 Å². The van der Waals surface area contributed by atoms with Crippen LogP contribution in [0, 0.1) is 0 Å². The zero-order chi connectivity index (χ0) is 21.9. The van der Waals surface area contributed by atoms with Gasteiger partial charge >= 0.3 is 12.2 Å². The van der Waals surface area contributed by atoms with Crippen molar-refractivity contribution in [2.24, 2.45) is 4.99 Å². The Morgan fingerprint density at radius 3 is 2.30 bits per heavy atom. The van der Waals surface area contributed by atoms with Crippen LogP contribution >= 0.6 is 11.8 Å². The number of carbonyl (C=O) groups excluding carboxylic acids is 3. The van der Waals surface area contributed by atoms with Crippen LogP contribution in [0.4, 0.5) is 21.0 Å². The second-order valence-corrected chi connectivity index (χ2v) is 6.84. The van der Waals surface area contributed by atoms with Crippen LogP contribution in [0.1, 0.15) is 13.3 Å². The Hall–Kier alpha value is -3.53. The van der Waals surface area contributed by atoms with Gasteiger partial charge in [0.1, 0.15) is 0 Å². The van der Waals surface area contributed by atoms with E-state index >= 15 is 0 Å². The van der Waals surface area contributed by atoms with E-state index in [2.05, 4.69) is 30.4 Å². The third kappa shape index (κ3) is 7.13. The van der Waals surface area contributed by atoms with Crippen molar-refractivity contribution in [1.82, 2.24) is 5.32 Å².